The van der Waals surface area contributed by atoms with Gasteiger partial charge in [0, 0.05) is 6.54 Å². The van der Waals surface area contributed by atoms with E-state index in [2.05, 4.69) is 43.3 Å². The van der Waals surface area contributed by atoms with Gasteiger partial charge in [-0.05, 0) is 46.4 Å². The minimum Gasteiger partial charge on any atom is -0.383 e. The van der Waals surface area contributed by atoms with Gasteiger partial charge in [-0.3, -0.25) is 4.79 Å². The van der Waals surface area contributed by atoms with Crippen LogP contribution in [0.1, 0.15) is 47.8 Å². The summed E-state index contributed by atoms with van der Waals surface area (Å²) in [6.45, 7) is 6.69. The molecule has 0 saturated carbocycles. The number of carbonyl (C=O) groups is 1. The molecule has 3 aromatic carbocycles. The summed E-state index contributed by atoms with van der Waals surface area (Å²) in [6, 6.07) is 21.5. The van der Waals surface area contributed by atoms with Crippen molar-refractivity contribution < 1.29 is 9.18 Å². The molecule has 0 atom stereocenters. The highest BCUT2D eigenvalue weighted by Gasteiger charge is 2.24. The molecule has 37 heavy (non-hydrogen) atoms. The first kappa shape index (κ1) is 24.1. The average Bonchev–Trinajstić information content (AvgIpc) is 3.15. The molecule has 0 unspecified atom stereocenters. The molecular weight excluding hydrogens is 467 g/mol. The van der Waals surface area contributed by atoms with Gasteiger partial charge >= 0.3 is 0 Å². The van der Waals surface area contributed by atoms with Crippen LogP contribution >= 0.6 is 0 Å². The molecule has 5 aromatic rings. The molecule has 2 aromatic heterocycles. The van der Waals surface area contributed by atoms with E-state index in [1.807, 2.05) is 36.4 Å². The van der Waals surface area contributed by atoms with E-state index in [0.717, 1.165) is 11.1 Å². The molecular formula is C29H27FN6O. The molecule has 8 heteroatoms. The summed E-state index contributed by atoms with van der Waals surface area (Å²) in [5, 5.41) is 7.43. The van der Waals surface area contributed by atoms with Crippen molar-refractivity contribution in [2.75, 3.05) is 5.73 Å². The van der Waals surface area contributed by atoms with Crippen molar-refractivity contribution in [3.8, 4) is 0 Å². The molecule has 0 bridgehead atoms. The van der Waals surface area contributed by atoms with Crippen LogP contribution in [0.5, 0.6) is 0 Å². The molecule has 0 aliphatic heterocycles. The van der Waals surface area contributed by atoms with Crippen LogP contribution in [0.15, 0.2) is 77.9 Å². The molecule has 0 aliphatic rings. The fourth-order valence-corrected chi connectivity index (χ4v) is 4.05. The van der Waals surface area contributed by atoms with Crippen molar-refractivity contribution in [2.24, 2.45) is 5.10 Å². The second-order valence-electron chi connectivity index (χ2n) is 9.88. The average molecular weight is 495 g/mol. The number of rotatable bonds is 5. The maximum Gasteiger partial charge on any atom is 0.257 e. The van der Waals surface area contributed by atoms with Crippen LogP contribution in [-0.2, 0) is 12.0 Å². The van der Waals surface area contributed by atoms with Gasteiger partial charge in [0.1, 0.15) is 22.7 Å². The van der Waals surface area contributed by atoms with Crippen LogP contribution in [-0.4, -0.2) is 26.8 Å². The summed E-state index contributed by atoms with van der Waals surface area (Å²) in [5.41, 5.74) is 11.6. The Morgan fingerprint density at radius 3 is 2.30 bits per heavy atom. The largest absolute Gasteiger partial charge is 0.383 e. The van der Waals surface area contributed by atoms with E-state index in [0.29, 0.717) is 22.2 Å². The zero-order chi connectivity index (χ0) is 26.2. The Morgan fingerprint density at radius 1 is 1.00 bits per heavy atom. The standard InChI is InChI=1S/C29H27FN6O/c1-29(2,3)20-12-8-19(9-13-20)17-33-36-26(31)24(28(37)32-16-18-10-14-21(30)15-11-18)25-27(36)35-23-7-5-4-6-22(23)34-25/h4-15,17H,16,31H2,1-3H3,(H,32,37). The lowest BCUT2D eigenvalue weighted by Crippen LogP contribution is -2.23. The van der Waals surface area contributed by atoms with E-state index in [4.69, 9.17) is 15.7 Å². The molecule has 0 aliphatic carbocycles. The lowest BCUT2D eigenvalue weighted by Gasteiger charge is -2.18. The number of aromatic nitrogens is 3. The molecule has 2 heterocycles. The number of benzene rings is 3. The molecule has 1 amide bonds. The fourth-order valence-electron chi connectivity index (χ4n) is 4.05. The first-order valence-corrected chi connectivity index (χ1v) is 11.9. The monoisotopic (exact) mass is 494 g/mol. The normalized spacial score (nSPS) is 12.0. The highest BCUT2D eigenvalue weighted by atomic mass is 19.1. The first-order chi connectivity index (χ1) is 17.7. The first-order valence-electron chi connectivity index (χ1n) is 11.9. The number of nitrogens with one attached hydrogen (secondary N) is 1. The molecule has 0 saturated heterocycles. The highest BCUT2D eigenvalue weighted by Crippen LogP contribution is 2.28. The predicted molar refractivity (Wildman–Crippen MR) is 145 cm³/mol. The van der Waals surface area contributed by atoms with E-state index in [9.17, 15) is 9.18 Å². The van der Waals surface area contributed by atoms with Gasteiger partial charge in [0.05, 0.1) is 17.2 Å². The zero-order valence-corrected chi connectivity index (χ0v) is 20.9. The van der Waals surface area contributed by atoms with Crippen LogP contribution in [0.4, 0.5) is 10.2 Å². The van der Waals surface area contributed by atoms with Crippen LogP contribution in [0, 0.1) is 5.82 Å². The van der Waals surface area contributed by atoms with Crippen molar-refractivity contribution >= 4 is 40.1 Å². The van der Waals surface area contributed by atoms with Crippen molar-refractivity contribution in [1.29, 1.82) is 0 Å². The number of nitrogens with zero attached hydrogens (tertiary/aromatic N) is 4. The molecule has 0 spiro atoms. The number of nitrogen functional groups attached to an aromatic ring is 1. The Labute approximate surface area is 213 Å². The SMILES string of the molecule is CC(C)(C)c1ccc(C=Nn2c(N)c(C(=O)NCc3ccc(F)cc3)c3nc4ccccc4nc32)cc1. The lowest BCUT2D eigenvalue weighted by molar-refractivity contribution is 0.0953. The number of hydrogen-bond donors (Lipinski definition) is 2. The van der Waals surface area contributed by atoms with Gasteiger partial charge < -0.3 is 11.1 Å². The maximum absolute atomic E-state index is 13.3. The van der Waals surface area contributed by atoms with E-state index in [-0.39, 0.29) is 29.2 Å². The third-order valence-electron chi connectivity index (χ3n) is 6.17. The molecule has 0 fully saturated rings. The maximum atomic E-state index is 13.3. The van der Waals surface area contributed by atoms with E-state index >= 15 is 0 Å². The number of para-hydroxylation sites is 2. The van der Waals surface area contributed by atoms with Gasteiger partial charge in [-0.15, -0.1) is 0 Å². The van der Waals surface area contributed by atoms with E-state index < -0.39 is 5.91 Å². The second kappa shape index (κ2) is 9.46. The Kier molecular flexibility index (Phi) is 6.17. The number of carbonyl (C=O) groups excluding carboxylic acids is 1. The Balaban J connectivity index is 1.54. The molecule has 3 N–H and O–H groups in total. The van der Waals surface area contributed by atoms with Gasteiger partial charge in [0.15, 0.2) is 5.65 Å². The number of halogens is 1. The highest BCUT2D eigenvalue weighted by molar-refractivity contribution is 6.10. The third-order valence-corrected chi connectivity index (χ3v) is 6.17. The van der Waals surface area contributed by atoms with Crippen LogP contribution < -0.4 is 11.1 Å². The van der Waals surface area contributed by atoms with Gasteiger partial charge in [0.25, 0.3) is 5.91 Å². The number of hydrogen-bond acceptors (Lipinski definition) is 5. The number of amides is 1. The summed E-state index contributed by atoms with van der Waals surface area (Å²) in [4.78, 5) is 22.7. The number of anilines is 1. The van der Waals surface area contributed by atoms with Crippen molar-refractivity contribution in [3.05, 3.63) is 101 Å². The van der Waals surface area contributed by atoms with Crippen molar-refractivity contribution in [2.45, 2.75) is 32.7 Å². The lowest BCUT2D eigenvalue weighted by atomic mass is 9.87. The van der Waals surface area contributed by atoms with E-state index in [1.54, 1.807) is 18.3 Å². The van der Waals surface area contributed by atoms with Gasteiger partial charge in [-0.25, -0.2) is 14.4 Å². The topological polar surface area (TPSA) is 98.2 Å². The second-order valence-corrected chi connectivity index (χ2v) is 9.88. The fraction of sp³-hybridized carbons (Fsp3) is 0.172. The number of nitrogens with two attached hydrogens (primary N) is 1. The van der Waals surface area contributed by atoms with Crippen molar-refractivity contribution in [3.63, 3.8) is 0 Å². The third kappa shape index (κ3) is 4.91. The van der Waals surface area contributed by atoms with Gasteiger partial charge in [-0.2, -0.15) is 9.78 Å². The summed E-state index contributed by atoms with van der Waals surface area (Å²) >= 11 is 0. The molecule has 0 radical (unpaired) electrons. The molecule has 186 valence electrons. The molecule has 7 nitrogen and oxygen atoms in total. The Bertz CT molecular complexity index is 1630. The Hall–Kier alpha value is -4.59. The quantitative estimate of drug-likeness (QED) is 0.319. The Morgan fingerprint density at radius 2 is 1.65 bits per heavy atom. The predicted octanol–water partition coefficient (Wildman–Crippen LogP) is 5.42. The van der Waals surface area contributed by atoms with Crippen molar-refractivity contribution in [1.82, 2.24) is 20.0 Å². The smallest absolute Gasteiger partial charge is 0.257 e. The van der Waals surface area contributed by atoms with Crippen LogP contribution in [0.2, 0.25) is 0 Å². The van der Waals surface area contributed by atoms with Gasteiger partial charge in [0.2, 0.25) is 0 Å². The van der Waals surface area contributed by atoms with Gasteiger partial charge in [-0.1, -0.05) is 69.3 Å². The minimum atomic E-state index is -0.417. The summed E-state index contributed by atoms with van der Waals surface area (Å²) < 4.78 is 14.7. The van der Waals surface area contributed by atoms with Crippen LogP contribution in [0.3, 0.4) is 0 Å². The minimum absolute atomic E-state index is 0.0452. The summed E-state index contributed by atoms with van der Waals surface area (Å²) in [7, 11) is 0. The summed E-state index contributed by atoms with van der Waals surface area (Å²) in [6.07, 6.45) is 1.68. The van der Waals surface area contributed by atoms with Crippen LogP contribution in [0.25, 0.3) is 22.2 Å². The van der Waals surface area contributed by atoms with E-state index in [1.165, 1.54) is 22.4 Å². The number of fused-ring (bicyclic) bond motifs is 2. The molecule has 5 rings (SSSR count). The summed E-state index contributed by atoms with van der Waals surface area (Å²) in [5.74, 6) is -0.625. The zero-order valence-electron chi connectivity index (χ0n) is 20.9.